The summed E-state index contributed by atoms with van der Waals surface area (Å²) in [6, 6.07) is 9.75. The Morgan fingerprint density at radius 1 is 1.27 bits per heavy atom. The van der Waals surface area contributed by atoms with Crippen LogP contribution in [-0.2, 0) is 9.53 Å². The quantitative estimate of drug-likeness (QED) is 0.633. The van der Waals surface area contributed by atoms with Crippen molar-refractivity contribution in [2.45, 2.75) is 13.8 Å². The smallest absolute Gasteiger partial charge is 0.410 e. The molecule has 1 fully saturated rings. The Balaban J connectivity index is 1.39. The molecule has 158 valence electrons. The third kappa shape index (κ3) is 4.44. The Hall–Kier alpha value is -2.98. The van der Waals surface area contributed by atoms with Gasteiger partial charge >= 0.3 is 6.09 Å². The molecule has 1 aliphatic rings. The van der Waals surface area contributed by atoms with Gasteiger partial charge in [-0.2, -0.15) is 9.78 Å². The van der Waals surface area contributed by atoms with Gasteiger partial charge in [0.05, 0.1) is 48.7 Å². The van der Waals surface area contributed by atoms with Gasteiger partial charge in [-0.1, -0.05) is 23.5 Å². The monoisotopic (exact) mass is 429 g/mol. The van der Waals surface area contributed by atoms with Crippen molar-refractivity contribution in [2.75, 3.05) is 44.6 Å². The fourth-order valence-electron chi connectivity index (χ4n) is 3.50. The molecule has 0 atom stereocenters. The number of piperazine rings is 1. The number of carbonyl (C=O) groups excluding carboxylic acids is 2. The third-order valence-electron chi connectivity index (χ3n) is 4.97. The van der Waals surface area contributed by atoms with Crippen LogP contribution in [0.1, 0.15) is 12.6 Å². The van der Waals surface area contributed by atoms with Gasteiger partial charge < -0.3 is 15.0 Å². The summed E-state index contributed by atoms with van der Waals surface area (Å²) < 4.78 is 7.80. The Kier molecular flexibility index (Phi) is 5.96. The van der Waals surface area contributed by atoms with Gasteiger partial charge in [0.25, 0.3) is 5.91 Å². The molecule has 2 aromatic heterocycles. The van der Waals surface area contributed by atoms with Crippen LogP contribution >= 0.6 is 11.3 Å². The van der Waals surface area contributed by atoms with Gasteiger partial charge in [-0.15, -0.1) is 0 Å². The molecule has 3 heterocycles. The van der Waals surface area contributed by atoms with Crippen LogP contribution in [0.15, 0.2) is 30.3 Å². The van der Waals surface area contributed by atoms with Crippen molar-refractivity contribution in [1.82, 2.24) is 19.7 Å². The molecule has 0 spiro atoms. The molecule has 2 N–H and O–H groups in total. The number of amides is 2. The number of aromatic nitrogens is 3. The molecule has 0 radical (unpaired) electrons. The van der Waals surface area contributed by atoms with Crippen molar-refractivity contribution in [3.05, 3.63) is 36.0 Å². The van der Waals surface area contributed by atoms with Crippen molar-refractivity contribution in [3.63, 3.8) is 0 Å². The van der Waals surface area contributed by atoms with Crippen LogP contribution < -0.4 is 10.2 Å². The lowest BCUT2D eigenvalue weighted by Gasteiger charge is -2.31. The Bertz CT molecular complexity index is 1020. The topological polar surface area (TPSA) is 93.8 Å². The first-order chi connectivity index (χ1) is 14.5. The number of nitrogens with zero attached hydrogens (tertiary/aromatic N) is 4. The summed E-state index contributed by atoms with van der Waals surface area (Å²) >= 11 is 1.53. The number of ether oxygens (including phenoxy) is 1. The van der Waals surface area contributed by atoms with E-state index in [9.17, 15) is 9.59 Å². The van der Waals surface area contributed by atoms with Crippen LogP contribution in [-0.4, -0.2) is 71.0 Å². The molecule has 0 bridgehead atoms. The van der Waals surface area contributed by atoms with Gasteiger partial charge in [-0.25, -0.2) is 9.78 Å². The fraction of sp³-hybridized carbons (Fsp3) is 0.400. The van der Waals surface area contributed by atoms with Crippen LogP contribution in [0, 0.1) is 6.92 Å². The van der Waals surface area contributed by atoms with Crippen LogP contribution in [0.2, 0.25) is 0 Å². The van der Waals surface area contributed by atoms with Crippen LogP contribution in [0.5, 0.6) is 0 Å². The molecule has 0 aliphatic carbocycles. The number of quaternary nitrogens is 1. The zero-order chi connectivity index (χ0) is 21.1. The zero-order valence-electron chi connectivity index (χ0n) is 17.1. The average Bonchev–Trinajstić information content (AvgIpc) is 3.31. The summed E-state index contributed by atoms with van der Waals surface area (Å²) in [5.41, 5.74) is 1.71. The van der Waals surface area contributed by atoms with E-state index in [1.807, 2.05) is 37.3 Å². The van der Waals surface area contributed by atoms with Gasteiger partial charge in [0.1, 0.15) is 5.82 Å². The van der Waals surface area contributed by atoms with Crippen molar-refractivity contribution >= 4 is 39.4 Å². The summed E-state index contributed by atoms with van der Waals surface area (Å²) in [6.07, 6.45) is -0.281. The Morgan fingerprint density at radius 3 is 2.77 bits per heavy atom. The van der Waals surface area contributed by atoms with Gasteiger partial charge in [0.2, 0.25) is 5.13 Å². The molecule has 0 saturated carbocycles. The third-order valence-corrected chi connectivity index (χ3v) is 5.98. The summed E-state index contributed by atoms with van der Waals surface area (Å²) in [4.78, 5) is 31.9. The number of hydrogen-bond donors (Lipinski definition) is 2. The number of para-hydroxylation sites is 1. The average molecular weight is 430 g/mol. The van der Waals surface area contributed by atoms with E-state index >= 15 is 0 Å². The van der Waals surface area contributed by atoms with E-state index in [4.69, 9.17) is 4.74 Å². The van der Waals surface area contributed by atoms with Gasteiger partial charge in [0.15, 0.2) is 6.54 Å². The SMILES string of the molecule is CCOC(=O)N1CC[NH+](CC(=O)Nc2cc(C)nn2-c2nc3ccccc3s2)CC1. The van der Waals surface area contributed by atoms with Gasteiger partial charge in [-0.3, -0.25) is 9.69 Å². The molecule has 1 saturated heterocycles. The molecule has 1 aromatic carbocycles. The lowest BCUT2D eigenvalue weighted by Crippen LogP contribution is -3.15. The number of rotatable bonds is 5. The highest BCUT2D eigenvalue weighted by Gasteiger charge is 2.26. The lowest BCUT2D eigenvalue weighted by molar-refractivity contribution is -0.895. The minimum absolute atomic E-state index is 0.0863. The zero-order valence-corrected chi connectivity index (χ0v) is 17.9. The van der Waals surface area contributed by atoms with E-state index in [-0.39, 0.29) is 12.0 Å². The van der Waals surface area contributed by atoms with E-state index in [0.29, 0.717) is 45.1 Å². The summed E-state index contributed by atoms with van der Waals surface area (Å²) in [5.74, 6) is 0.526. The Labute approximate surface area is 178 Å². The fourth-order valence-corrected chi connectivity index (χ4v) is 4.43. The van der Waals surface area contributed by atoms with E-state index in [0.717, 1.165) is 25.9 Å². The normalized spacial score (nSPS) is 14.8. The molecule has 9 nitrogen and oxygen atoms in total. The second-order valence-corrected chi connectivity index (χ2v) is 8.22. The highest BCUT2D eigenvalue weighted by Crippen LogP contribution is 2.26. The molecule has 2 amide bonds. The number of nitrogens with one attached hydrogen (secondary N) is 2. The first-order valence-electron chi connectivity index (χ1n) is 10.0. The molecular weight excluding hydrogens is 404 g/mol. The molecular formula is C20H25N6O3S+. The van der Waals surface area contributed by atoms with Gasteiger partial charge in [0, 0.05) is 6.07 Å². The van der Waals surface area contributed by atoms with E-state index < -0.39 is 0 Å². The number of fused-ring (bicyclic) bond motifs is 1. The van der Waals surface area contributed by atoms with Crippen molar-refractivity contribution < 1.29 is 19.2 Å². The standard InChI is InChI=1S/C20H24N6O3S/c1-3-29-20(28)25-10-8-24(9-11-25)13-18(27)22-17-12-14(2)23-26(17)19-21-15-6-4-5-7-16(15)30-19/h4-7,12H,3,8-11,13H2,1-2H3,(H,22,27)/p+1. The number of aryl methyl sites for hydroxylation is 1. The number of carbonyl (C=O) groups is 2. The molecule has 0 unspecified atom stereocenters. The summed E-state index contributed by atoms with van der Waals surface area (Å²) in [6.45, 7) is 6.99. The number of thiazole rings is 1. The number of anilines is 1. The van der Waals surface area contributed by atoms with Gasteiger partial charge in [-0.05, 0) is 26.0 Å². The number of benzene rings is 1. The van der Waals surface area contributed by atoms with Crippen LogP contribution in [0.4, 0.5) is 10.6 Å². The molecule has 1 aliphatic heterocycles. The van der Waals surface area contributed by atoms with Crippen LogP contribution in [0.3, 0.4) is 0 Å². The minimum Gasteiger partial charge on any atom is -0.450 e. The van der Waals surface area contributed by atoms with Crippen molar-refractivity contribution in [2.24, 2.45) is 0 Å². The highest BCUT2D eigenvalue weighted by atomic mass is 32.1. The predicted molar refractivity (Wildman–Crippen MR) is 114 cm³/mol. The van der Waals surface area contributed by atoms with E-state index in [1.165, 1.54) is 11.3 Å². The lowest BCUT2D eigenvalue weighted by atomic mass is 10.3. The summed E-state index contributed by atoms with van der Waals surface area (Å²) in [7, 11) is 0. The first kappa shape index (κ1) is 20.3. The van der Waals surface area contributed by atoms with Crippen LogP contribution in [0.25, 0.3) is 15.3 Å². The summed E-state index contributed by atoms with van der Waals surface area (Å²) in [5, 5.41) is 8.20. The molecule has 4 rings (SSSR count). The maximum atomic E-state index is 12.7. The van der Waals surface area contributed by atoms with E-state index in [1.54, 1.807) is 16.5 Å². The molecule has 30 heavy (non-hydrogen) atoms. The van der Waals surface area contributed by atoms with E-state index in [2.05, 4.69) is 15.4 Å². The van der Waals surface area contributed by atoms with Crippen molar-refractivity contribution in [3.8, 4) is 5.13 Å². The number of hydrogen-bond acceptors (Lipinski definition) is 6. The predicted octanol–water partition coefficient (Wildman–Crippen LogP) is 1.09. The maximum absolute atomic E-state index is 12.7. The highest BCUT2D eigenvalue weighted by molar-refractivity contribution is 7.20. The van der Waals surface area contributed by atoms with Crippen molar-refractivity contribution in [1.29, 1.82) is 0 Å². The molecule has 10 heteroatoms. The minimum atomic E-state index is -0.281. The first-order valence-corrected chi connectivity index (χ1v) is 10.8. The largest absolute Gasteiger partial charge is 0.450 e. The molecule has 3 aromatic rings. The Morgan fingerprint density at radius 2 is 2.03 bits per heavy atom. The second-order valence-electron chi connectivity index (χ2n) is 7.21. The maximum Gasteiger partial charge on any atom is 0.410 e. The second kappa shape index (κ2) is 8.80.